The van der Waals surface area contributed by atoms with Crippen LogP contribution >= 0.6 is 24.0 Å². The van der Waals surface area contributed by atoms with Gasteiger partial charge in [0.05, 0.1) is 10.7 Å². The molecular weight excluding hydrogens is 221 g/mol. The van der Waals surface area contributed by atoms with Crippen molar-refractivity contribution in [2.24, 2.45) is 10.8 Å². The van der Waals surface area contributed by atoms with Crippen molar-refractivity contribution in [3.05, 3.63) is 40.9 Å². The molecule has 14 heavy (non-hydrogen) atoms. The van der Waals surface area contributed by atoms with Crippen molar-refractivity contribution in [2.45, 2.75) is 0 Å². The molecule has 0 fully saturated rings. The first-order valence-corrected chi connectivity index (χ1v) is 4.16. The van der Waals surface area contributed by atoms with Crippen molar-refractivity contribution >= 4 is 35.5 Å². The lowest BCUT2D eigenvalue weighted by Crippen LogP contribution is -2.04. The highest BCUT2D eigenvalue weighted by molar-refractivity contribution is 6.32. The molecule has 0 saturated carbocycles. The highest BCUT2D eigenvalue weighted by Crippen LogP contribution is 2.23. The van der Waals surface area contributed by atoms with Crippen LogP contribution in [0.25, 0.3) is 5.70 Å². The minimum Gasteiger partial charge on any atom is -0.382 e. The average molecular weight is 229 g/mol. The van der Waals surface area contributed by atoms with Crippen LogP contribution in [-0.2, 0) is 0 Å². The Kier molecular flexibility index (Phi) is 3.38. The van der Waals surface area contributed by atoms with Crippen molar-refractivity contribution < 1.29 is 0 Å². The van der Waals surface area contributed by atoms with Gasteiger partial charge < -0.3 is 5.73 Å². The lowest BCUT2D eigenvalue weighted by molar-refractivity contribution is 0.991. The molecule has 0 spiro atoms. The van der Waals surface area contributed by atoms with E-state index in [4.69, 9.17) is 17.3 Å². The van der Waals surface area contributed by atoms with Crippen LogP contribution in [0.15, 0.2) is 35.4 Å². The van der Waals surface area contributed by atoms with Gasteiger partial charge in [0, 0.05) is 11.6 Å². The summed E-state index contributed by atoms with van der Waals surface area (Å²) in [5, 5.41) is 4.36. The third-order valence-corrected chi connectivity index (χ3v) is 2.04. The zero-order chi connectivity index (χ0) is 9.26. The molecule has 2 N–H and O–H groups in total. The first-order chi connectivity index (χ1) is 6.27. The summed E-state index contributed by atoms with van der Waals surface area (Å²) in [6.45, 7) is 0. The Morgan fingerprint density at radius 1 is 1.21 bits per heavy atom. The molecular formula is C9H8Cl2N3. The van der Waals surface area contributed by atoms with Gasteiger partial charge >= 0.3 is 0 Å². The number of rotatable bonds is 1. The zero-order valence-electron chi connectivity index (χ0n) is 7.14. The van der Waals surface area contributed by atoms with E-state index in [2.05, 4.69) is 10.5 Å². The van der Waals surface area contributed by atoms with Crippen LogP contribution in [0, 0.1) is 0 Å². The van der Waals surface area contributed by atoms with E-state index in [9.17, 15) is 0 Å². The second-order valence-electron chi connectivity index (χ2n) is 2.63. The average Bonchev–Trinajstić information content (AvgIpc) is 2.53. The predicted molar refractivity (Wildman–Crippen MR) is 60.4 cm³/mol. The summed E-state index contributed by atoms with van der Waals surface area (Å²) in [6.07, 6.45) is 1.70. The third-order valence-electron chi connectivity index (χ3n) is 1.71. The summed E-state index contributed by atoms with van der Waals surface area (Å²) in [6, 6.07) is 7.45. The second-order valence-corrected chi connectivity index (χ2v) is 3.04. The molecule has 1 aromatic rings. The smallest absolute Gasteiger partial charge is 0.148 e. The standard InChI is InChI=1S/C9H7ClN3.ClH/c10-7-4-2-1-3-6(7)8-5-9(11)13-12-8;/h1-5H,(H2,11,13);1H. The Morgan fingerprint density at radius 2 is 1.93 bits per heavy atom. The molecule has 1 radical (unpaired) electrons. The van der Waals surface area contributed by atoms with Crippen molar-refractivity contribution in [2.75, 3.05) is 0 Å². The van der Waals surface area contributed by atoms with E-state index in [1.807, 2.05) is 24.3 Å². The van der Waals surface area contributed by atoms with Gasteiger partial charge in [0.15, 0.2) is 0 Å². The first kappa shape index (κ1) is 10.9. The Balaban J connectivity index is 0.000000980. The number of amidine groups is 1. The van der Waals surface area contributed by atoms with Gasteiger partial charge in [-0.25, -0.2) is 0 Å². The van der Waals surface area contributed by atoms with E-state index in [1.54, 1.807) is 6.08 Å². The summed E-state index contributed by atoms with van der Waals surface area (Å²) >= 11 is 5.96. The molecule has 1 aromatic carbocycles. The number of halogens is 2. The fraction of sp³-hybridized carbons (Fsp3) is 0. The summed E-state index contributed by atoms with van der Waals surface area (Å²) in [7, 11) is 0. The lowest BCUT2D eigenvalue weighted by Gasteiger charge is -2.01. The number of nitrogens with zero attached hydrogens (tertiary/aromatic N) is 2. The molecule has 3 nitrogen and oxygen atoms in total. The quantitative estimate of drug-likeness (QED) is 0.786. The molecule has 73 valence electrons. The van der Waals surface area contributed by atoms with Crippen LogP contribution in [0.4, 0.5) is 0 Å². The molecule has 0 amide bonds. The normalized spacial score (nSPS) is 13.8. The Labute approximate surface area is 93.0 Å². The SMILES string of the molecule is Cl.NC1=N[N]C(c2ccccc2Cl)=C1. The molecule has 5 heteroatoms. The Morgan fingerprint density at radius 3 is 2.50 bits per heavy atom. The van der Waals surface area contributed by atoms with E-state index >= 15 is 0 Å². The topological polar surface area (TPSA) is 52.5 Å². The fourth-order valence-electron chi connectivity index (χ4n) is 1.11. The Bertz CT molecular complexity index is 399. The van der Waals surface area contributed by atoms with Gasteiger partial charge in [-0.15, -0.1) is 22.9 Å². The molecule has 2 rings (SSSR count). The van der Waals surface area contributed by atoms with E-state index in [0.29, 0.717) is 16.6 Å². The van der Waals surface area contributed by atoms with Gasteiger partial charge in [-0.05, 0) is 6.07 Å². The van der Waals surface area contributed by atoms with E-state index in [-0.39, 0.29) is 12.4 Å². The molecule has 0 aliphatic carbocycles. The van der Waals surface area contributed by atoms with Gasteiger partial charge in [0.2, 0.25) is 0 Å². The maximum Gasteiger partial charge on any atom is 0.148 e. The second kappa shape index (κ2) is 4.35. The maximum absolute atomic E-state index is 5.96. The Hall–Kier alpha value is -1.19. The monoisotopic (exact) mass is 228 g/mol. The molecule has 0 aromatic heterocycles. The van der Waals surface area contributed by atoms with E-state index < -0.39 is 0 Å². The molecule has 0 saturated heterocycles. The van der Waals surface area contributed by atoms with Crippen molar-refractivity contribution in [3.63, 3.8) is 0 Å². The minimum atomic E-state index is 0. The van der Waals surface area contributed by atoms with Crippen LogP contribution in [0.5, 0.6) is 0 Å². The molecule has 0 unspecified atom stereocenters. The summed E-state index contributed by atoms with van der Waals surface area (Å²) in [5.41, 5.74) is 10.9. The van der Waals surface area contributed by atoms with Crippen molar-refractivity contribution in [1.82, 2.24) is 5.43 Å². The van der Waals surface area contributed by atoms with Crippen LogP contribution in [0.1, 0.15) is 5.56 Å². The summed E-state index contributed by atoms with van der Waals surface area (Å²) in [5.74, 6) is 0.412. The van der Waals surface area contributed by atoms with Crippen molar-refractivity contribution in [3.8, 4) is 0 Å². The molecule has 1 heterocycles. The minimum absolute atomic E-state index is 0. The summed E-state index contributed by atoms with van der Waals surface area (Å²) in [4.78, 5) is 0. The number of nitrogens with two attached hydrogens (primary N) is 1. The van der Waals surface area contributed by atoms with Crippen LogP contribution in [-0.4, -0.2) is 5.84 Å². The largest absolute Gasteiger partial charge is 0.382 e. The summed E-state index contributed by atoms with van der Waals surface area (Å²) < 4.78 is 0. The third kappa shape index (κ3) is 2.00. The maximum atomic E-state index is 5.96. The van der Waals surface area contributed by atoms with Crippen LogP contribution in [0.2, 0.25) is 5.02 Å². The molecule has 0 bridgehead atoms. The highest BCUT2D eigenvalue weighted by atomic mass is 35.5. The number of benzene rings is 1. The fourth-order valence-corrected chi connectivity index (χ4v) is 1.34. The van der Waals surface area contributed by atoms with E-state index in [1.165, 1.54) is 0 Å². The van der Waals surface area contributed by atoms with Crippen LogP contribution in [0.3, 0.4) is 0 Å². The molecule has 0 atom stereocenters. The van der Waals surface area contributed by atoms with Crippen molar-refractivity contribution in [1.29, 1.82) is 0 Å². The van der Waals surface area contributed by atoms with Gasteiger partial charge in [-0.1, -0.05) is 29.8 Å². The van der Waals surface area contributed by atoms with Crippen LogP contribution < -0.4 is 11.2 Å². The number of hydrogen-bond acceptors (Lipinski definition) is 2. The first-order valence-electron chi connectivity index (χ1n) is 3.78. The molecule has 1 aliphatic rings. The van der Waals surface area contributed by atoms with Gasteiger partial charge in [0.25, 0.3) is 0 Å². The van der Waals surface area contributed by atoms with Gasteiger partial charge in [-0.3, -0.25) is 0 Å². The number of hydrogen-bond donors (Lipinski definition) is 1. The lowest BCUT2D eigenvalue weighted by atomic mass is 10.1. The zero-order valence-corrected chi connectivity index (χ0v) is 8.72. The molecule has 1 aliphatic heterocycles. The van der Waals surface area contributed by atoms with Gasteiger partial charge in [0.1, 0.15) is 5.84 Å². The van der Waals surface area contributed by atoms with E-state index in [0.717, 1.165) is 5.56 Å². The highest BCUT2D eigenvalue weighted by Gasteiger charge is 2.11. The predicted octanol–water partition coefficient (Wildman–Crippen LogP) is 1.99. The van der Waals surface area contributed by atoms with Gasteiger partial charge in [-0.2, -0.15) is 0 Å².